The first-order chi connectivity index (χ1) is 9.73. The zero-order chi connectivity index (χ0) is 14.4. The number of hydrogen-bond donors (Lipinski definition) is 1. The number of ether oxygens (including phenoxy) is 2. The first kappa shape index (κ1) is 15.4. The molecule has 0 amide bonds. The van der Waals surface area contributed by atoms with E-state index in [1.54, 1.807) is 13.2 Å². The molecule has 1 aliphatic heterocycles. The molecule has 0 saturated carbocycles. The molecule has 1 aromatic rings. The van der Waals surface area contributed by atoms with Crippen molar-refractivity contribution in [2.45, 2.75) is 37.8 Å². The van der Waals surface area contributed by atoms with Crippen molar-refractivity contribution in [1.82, 2.24) is 5.32 Å². The van der Waals surface area contributed by atoms with Gasteiger partial charge >= 0.3 is 0 Å². The van der Waals surface area contributed by atoms with Crippen molar-refractivity contribution in [3.63, 3.8) is 0 Å². The minimum atomic E-state index is -0.393. The third-order valence-electron chi connectivity index (χ3n) is 4.09. The van der Waals surface area contributed by atoms with E-state index in [-0.39, 0.29) is 11.9 Å². The molecule has 1 aliphatic rings. The fourth-order valence-corrected chi connectivity index (χ4v) is 2.90. The molecule has 112 valence electrons. The van der Waals surface area contributed by atoms with Crippen LogP contribution in [0.5, 0.6) is 0 Å². The predicted molar refractivity (Wildman–Crippen MR) is 77.2 cm³/mol. The van der Waals surface area contributed by atoms with E-state index >= 15 is 0 Å². The van der Waals surface area contributed by atoms with E-state index in [2.05, 4.69) is 12.2 Å². The Bertz CT molecular complexity index is 419. The third kappa shape index (κ3) is 3.19. The van der Waals surface area contributed by atoms with Gasteiger partial charge in [0, 0.05) is 38.7 Å². The van der Waals surface area contributed by atoms with Gasteiger partial charge < -0.3 is 14.8 Å². The molecule has 4 heteroatoms. The van der Waals surface area contributed by atoms with Gasteiger partial charge in [-0.1, -0.05) is 25.1 Å². The van der Waals surface area contributed by atoms with E-state index < -0.39 is 5.60 Å². The Kier molecular flexibility index (Phi) is 5.52. The summed E-state index contributed by atoms with van der Waals surface area (Å²) in [6.07, 6.45) is 2.56. The lowest BCUT2D eigenvalue weighted by Crippen LogP contribution is -2.49. The Morgan fingerprint density at radius 1 is 1.35 bits per heavy atom. The molecule has 0 radical (unpaired) electrons. The van der Waals surface area contributed by atoms with Crippen molar-refractivity contribution in [2.75, 3.05) is 26.9 Å². The average Bonchev–Trinajstić information content (AvgIpc) is 2.50. The van der Waals surface area contributed by atoms with Crippen molar-refractivity contribution >= 4 is 0 Å². The van der Waals surface area contributed by atoms with Crippen LogP contribution in [0.2, 0.25) is 0 Å². The van der Waals surface area contributed by atoms with Crippen LogP contribution in [0.3, 0.4) is 0 Å². The van der Waals surface area contributed by atoms with E-state index in [1.807, 2.05) is 12.1 Å². The van der Waals surface area contributed by atoms with Crippen LogP contribution in [-0.4, -0.2) is 32.5 Å². The summed E-state index contributed by atoms with van der Waals surface area (Å²) in [4.78, 5) is 0. The van der Waals surface area contributed by atoms with Crippen LogP contribution < -0.4 is 5.32 Å². The highest BCUT2D eigenvalue weighted by Gasteiger charge is 2.42. The molecule has 0 aromatic heterocycles. The summed E-state index contributed by atoms with van der Waals surface area (Å²) in [7, 11) is 1.72. The van der Waals surface area contributed by atoms with Gasteiger partial charge in [0.25, 0.3) is 0 Å². The Morgan fingerprint density at radius 2 is 2.05 bits per heavy atom. The molecule has 1 heterocycles. The summed E-state index contributed by atoms with van der Waals surface area (Å²) in [5, 5.41) is 3.47. The maximum Gasteiger partial charge on any atom is 0.128 e. The fourth-order valence-electron chi connectivity index (χ4n) is 2.90. The summed E-state index contributed by atoms with van der Waals surface area (Å²) in [5.74, 6) is -0.177. The SMILES string of the molecule is CCCNC(c1ccccc1F)C1(OC)CCOCC1. The van der Waals surface area contributed by atoms with Crippen LogP contribution in [0.25, 0.3) is 0 Å². The molecule has 1 aromatic carbocycles. The van der Waals surface area contributed by atoms with Crippen molar-refractivity contribution in [2.24, 2.45) is 0 Å². The zero-order valence-electron chi connectivity index (χ0n) is 12.3. The van der Waals surface area contributed by atoms with Gasteiger partial charge in [-0.05, 0) is 19.0 Å². The molecule has 2 rings (SSSR count). The van der Waals surface area contributed by atoms with E-state index in [0.29, 0.717) is 18.8 Å². The third-order valence-corrected chi connectivity index (χ3v) is 4.09. The fraction of sp³-hybridized carbons (Fsp3) is 0.625. The van der Waals surface area contributed by atoms with Crippen LogP contribution in [0, 0.1) is 5.82 Å². The van der Waals surface area contributed by atoms with Crippen LogP contribution in [0.4, 0.5) is 4.39 Å². The van der Waals surface area contributed by atoms with E-state index in [4.69, 9.17) is 9.47 Å². The number of halogens is 1. The molecular formula is C16H24FNO2. The second-order valence-electron chi connectivity index (χ2n) is 5.29. The van der Waals surface area contributed by atoms with Crippen LogP contribution in [-0.2, 0) is 9.47 Å². The van der Waals surface area contributed by atoms with Crippen molar-refractivity contribution in [1.29, 1.82) is 0 Å². The highest BCUT2D eigenvalue weighted by atomic mass is 19.1. The van der Waals surface area contributed by atoms with Crippen molar-refractivity contribution in [3.05, 3.63) is 35.6 Å². The van der Waals surface area contributed by atoms with Gasteiger partial charge in [-0.2, -0.15) is 0 Å². The molecule has 1 fully saturated rings. The Morgan fingerprint density at radius 3 is 2.65 bits per heavy atom. The quantitative estimate of drug-likeness (QED) is 0.869. The highest BCUT2D eigenvalue weighted by molar-refractivity contribution is 5.25. The standard InChI is InChI=1S/C16H24FNO2/c1-3-10-18-15(13-6-4-5-7-14(13)17)16(19-2)8-11-20-12-9-16/h4-7,15,18H,3,8-12H2,1-2H3. The molecule has 0 bridgehead atoms. The van der Waals surface area contributed by atoms with Gasteiger partial charge in [0.2, 0.25) is 0 Å². The van der Waals surface area contributed by atoms with Crippen molar-refractivity contribution < 1.29 is 13.9 Å². The maximum atomic E-state index is 14.2. The Hall–Kier alpha value is -0.970. The minimum Gasteiger partial charge on any atom is -0.381 e. The highest BCUT2D eigenvalue weighted by Crippen LogP contribution is 2.38. The Balaban J connectivity index is 2.33. The minimum absolute atomic E-state index is 0.141. The van der Waals surface area contributed by atoms with Crippen LogP contribution >= 0.6 is 0 Å². The normalized spacial score (nSPS) is 19.8. The first-order valence-electron chi connectivity index (χ1n) is 7.34. The summed E-state index contributed by atoms with van der Waals surface area (Å²) in [6.45, 7) is 4.26. The molecule has 1 N–H and O–H groups in total. The summed E-state index contributed by atoms with van der Waals surface area (Å²) in [5.41, 5.74) is 0.292. The summed E-state index contributed by atoms with van der Waals surface area (Å²) >= 11 is 0. The number of benzene rings is 1. The molecular weight excluding hydrogens is 257 g/mol. The second-order valence-corrected chi connectivity index (χ2v) is 5.29. The van der Waals surface area contributed by atoms with Gasteiger partial charge in [0.1, 0.15) is 5.82 Å². The molecule has 0 aliphatic carbocycles. The molecule has 1 saturated heterocycles. The number of nitrogens with one attached hydrogen (secondary N) is 1. The van der Waals surface area contributed by atoms with E-state index in [1.165, 1.54) is 6.07 Å². The van der Waals surface area contributed by atoms with E-state index in [0.717, 1.165) is 25.8 Å². The largest absolute Gasteiger partial charge is 0.381 e. The molecule has 1 atom stereocenters. The lowest BCUT2D eigenvalue weighted by atomic mass is 9.81. The number of hydrogen-bond acceptors (Lipinski definition) is 3. The van der Waals surface area contributed by atoms with Crippen LogP contribution in [0.1, 0.15) is 37.8 Å². The second kappa shape index (κ2) is 7.16. The maximum absolute atomic E-state index is 14.2. The van der Waals surface area contributed by atoms with Gasteiger partial charge in [-0.25, -0.2) is 4.39 Å². The lowest BCUT2D eigenvalue weighted by molar-refractivity contribution is -0.112. The molecule has 20 heavy (non-hydrogen) atoms. The van der Waals surface area contributed by atoms with Crippen molar-refractivity contribution in [3.8, 4) is 0 Å². The zero-order valence-corrected chi connectivity index (χ0v) is 12.3. The average molecular weight is 281 g/mol. The summed E-state index contributed by atoms with van der Waals surface area (Å²) < 4.78 is 25.5. The lowest BCUT2D eigenvalue weighted by Gasteiger charge is -2.43. The van der Waals surface area contributed by atoms with E-state index in [9.17, 15) is 4.39 Å². The predicted octanol–water partition coefficient (Wildman–Crippen LogP) is 3.06. The molecule has 0 spiro atoms. The monoisotopic (exact) mass is 281 g/mol. The van der Waals surface area contributed by atoms with Gasteiger partial charge in [0.05, 0.1) is 11.6 Å². The van der Waals surface area contributed by atoms with Gasteiger partial charge in [-0.15, -0.1) is 0 Å². The number of methoxy groups -OCH3 is 1. The summed E-state index contributed by atoms with van der Waals surface area (Å²) in [6, 6.07) is 6.82. The number of rotatable bonds is 6. The first-order valence-corrected chi connectivity index (χ1v) is 7.34. The topological polar surface area (TPSA) is 30.5 Å². The van der Waals surface area contributed by atoms with Gasteiger partial charge in [0.15, 0.2) is 0 Å². The molecule has 1 unspecified atom stereocenters. The molecule has 3 nitrogen and oxygen atoms in total. The van der Waals surface area contributed by atoms with Crippen LogP contribution in [0.15, 0.2) is 24.3 Å². The van der Waals surface area contributed by atoms with Gasteiger partial charge in [-0.3, -0.25) is 0 Å². The smallest absolute Gasteiger partial charge is 0.128 e. The Labute approximate surface area is 120 Å².